The molecule has 0 bridgehead atoms. The van der Waals surface area contributed by atoms with Gasteiger partial charge in [-0.1, -0.05) is 0 Å². The van der Waals surface area contributed by atoms with Crippen LogP contribution in [0.4, 0.5) is 5.69 Å². The number of hydrogen-bond acceptors (Lipinski definition) is 5. The van der Waals surface area contributed by atoms with Gasteiger partial charge in [-0.3, -0.25) is 4.79 Å². The number of carbonyl (C=O) groups excluding carboxylic acids is 2. The molecule has 0 aliphatic carbocycles. The average molecular weight is 355 g/mol. The molecule has 0 unspecified atom stereocenters. The van der Waals surface area contributed by atoms with Gasteiger partial charge in [-0.2, -0.15) is 0 Å². The van der Waals surface area contributed by atoms with Gasteiger partial charge in [-0.15, -0.1) is 0 Å². The van der Waals surface area contributed by atoms with E-state index < -0.39 is 0 Å². The van der Waals surface area contributed by atoms with Crippen LogP contribution in [0.1, 0.15) is 41.0 Å². The average Bonchev–Trinajstić information content (AvgIpc) is 2.86. The Morgan fingerprint density at radius 1 is 0.962 bits per heavy atom. The van der Waals surface area contributed by atoms with Crippen LogP contribution in [0.3, 0.4) is 0 Å². The van der Waals surface area contributed by atoms with Gasteiger partial charge in [0.2, 0.25) is 0 Å². The topological polar surface area (TPSA) is 73.9 Å². The van der Waals surface area contributed by atoms with Crippen molar-refractivity contribution < 1.29 is 23.8 Å². The summed E-state index contributed by atoms with van der Waals surface area (Å²) in [5.74, 6) is 0.563. The molecule has 0 saturated heterocycles. The van der Waals surface area contributed by atoms with Crippen LogP contribution in [0.2, 0.25) is 0 Å². The van der Waals surface area contributed by atoms with E-state index in [1.54, 1.807) is 56.3 Å². The number of nitrogens with one attached hydrogen (secondary N) is 1. The van der Waals surface area contributed by atoms with Gasteiger partial charge < -0.3 is 19.5 Å². The Balaban J connectivity index is 1.68. The van der Waals surface area contributed by atoms with Gasteiger partial charge in [0, 0.05) is 17.7 Å². The van der Waals surface area contributed by atoms with Crippen molar-refractivity contribution in [2.75, 3.05) is 18.5 Å². The lowest BCUT2D eigenvalue weighted by Crippen LogP contribution is -2.13. The molecule has 2 aromatic rings. The first-order chi connectivity index (χ1) is 12.5. The quantitative estimate of drug-likeness (QED) is 0.847. The molecule has 0 radical (unpaired) electrons. The Bertz CT molecular complexity index is 798. The predicted molar refractivity (Wildman–Crippen MR) is 97.0 cm³/mol. The zero-order chi connectivity index (χ0) is 18.5. The van der Waals surface area contributed by atoms with Gasteiger partial charge in [-0.25, -0.2) is 4.79 Å². The summed E-state index contributed by atoms with van der Waals surface area (Å²) in [6, 6.07) is 11.7. The number of anilines is 1. The Morgan fingerprint density at radius 2 is 1.62 bits per heavy atom. The van der Waals surface area contributed by atoms with Gasteiger partial charge in [0.15, 0.2) is 11.5 Å². The second kappa shape index (κ2) is 7.91. The van der Waals surface area contributed by atoms with Crippen molar-refractivity contribution in [3.63, 3.8) is 0 Å². The first-order valence-electron chi connectivity index (χ1n) is 8.55. The molecule has 1 aliphatic rings. The van der Waals surface area contributed by atoms with Crippen LogP contribution in [0.25, 0.3) is 0 Å². The summed E-state index contributed by atoms with van der Waals surface area (Å²) in [7, 11) is 0. The van der Waals surface area contributed by atoms with Gasteiger partial charge in [0.25, 0.3) is 5.91 Å². The molecule has 0 spiro atoms. The highest BCUT2D eigenvalue weighted by molar-refractivity contribution is 6.04. The number of esters is 1. The summed E-state index contributed by atoms with van der Waals surface area (Å²) in [6.45, 7) is 4.75. The molecule has 1 aliphatic heterocycles. The monoisotopic (exact) mass is 355 g/mol. The molecule has 0 saturated carbocycles. The highest BCUT2D eigenvalue weighted by Crippen LogP contribution is 2.30. The number of amides is 1. The Hall–Kier alpha value is -3.02. The van der Waals surface area contributed by atoms with E-state index in [4.69, 9.17) is 14.2 Å². The summed E-state index contributed by atoms with van der Waals surface area (Å²) >= 11 is 0. The van der Waals surface area contributed by atoms with Crippen LogP contribution in [0.5, 0.6) is 11.5 Å². The second-order valence-corrected chi connectivity index (χ2v) is 6.20. The van der Waals surface area contributed by atoms with Crippen LogP contribution in [0.15, 0.2) is 42.5 Å². The zero-order valence-electron chi connectivity index (χ0n) is 14.8. The van der Waals surface area contributed by atoms with Crippen molar-refractivity contribution in [3.05, 3.63) is 53.6 Å². The summed E-state index contributed by atoms with van der Waals surface area (Å²) in [4.78, 5) is 24.3. The first kappa shape index (κ1) is 17.8. The van der Waals surface area contributed by atoms with E-state index in [9.17, 15) is 9.59 Å². The maximum Gasteiger partial charge on any atom is 0.338 e. The van der Waals surface area contributed by atoms with Gasteiger partial charge >= 0.3 is 5.97 Å². The van der Waals surface area contributed by atoms with E-state index in [1.165, 1.54) is 0 Å². The SMILES string of the molecule is CC(C)OC(=O)c1ccc(NC(=O)c2ccc3c(c2)OCCCO3)cc1. The number of ether oxygens (including phenoxy) is 3. The zero-order valence-corrected chi connectivity index (χ0v) is 14.8. The molecule has 2 aromatic carbocycles. The maximum atomic E-state index is 12.5. The van der Waals surface area contributed by atoms with Gasteiger partial charge in [0.05, 0.1) is 24.9 Å². The van der Waals surface area contributed by atoms with Crippen molar-refractivity contribution in [1.82, 2.24) is 0 Å². The van der Waals surface area contributed by atoms with E-state index in [0.717, 1.165) is 6.42 Å². The largest absolute Gasteiger partial charge is 0.490 e. The highest BCUT2D eigenvalue weighted by atomic mass is 16.5. The van der Waals surface area contributed by atoms with Crippen molar-refractivity contribution >= 4 is 17.6 Å². The fourth-order valence-corrected chi connectivity index (χ4v) is 2.48. The molecular weight excluding hydrogens is 334 g/mol. The van der Waals surface area contributed by atoms with E-state index in [1.807, 2.05) is 0 Å². The maximum absolute atomic E-state index is 12.5. The molecule has 0 aromatic heterocycles. The molecule has 6 heteroatoms. The van der Waals surface area contributed by atoms with Crippen molar-refractivity contribution in [1.29, 1.82) is 0 Å². The fraction of sp³-hybridized carbons (Fsp3) is 0.300. The molecule has 6 nitrogen and oxygen atoms in total. The summed E-state index contributed by atoms with van der Waals surface area (Å²) in [6.07, 6.45) is 0.628. The molecule has 0 atom stereocenters. The Labute approximate surface area is 152 Å². The smallest absolute Gasteiger partial charge is 0.338 e. The Kier molecular flexibility index (Phi) is 5.41. The number of fused-ring (bicyclic) bond motifs is 1. The van der Waals surface area contributed by atoms with Crippen molar-refractivity contribution in [2.24, 2.45) is 0 Å². The summed E-state index contributed by atoms with van der Waals surface area (Å²) < 4.78 is 16.3. The van der Waals surface area contributed by atoms with Crippen LogP contribution >= 0.6 is 0 Å². The van der Waals surface area contributed by atoms with Crippen molar-refractivity contribution in [2.45, 2.75) is 26.4 Å². The second-order valence-electron chi connectivity index (χ2n) is 6.20. The fourth-order valence-electron chi connectivity index (χ4n) is 2.48. The lowest BCUT2D eigenvalue weighted by Gasteiger charge is -2.11. The number of hydrogen-bond donors (Lipinski definition) is 1. The molecule has 1 amide bonds. The van der Waals surface area contributed by atoms with Crippen molar-refractivity contribution in [3.8, 4) is 11.5 Å². The third-order valence-corrected chi connectivity index (χ3v) is 3.73. The molecular formula is C20H21NO5. The Morgan fingerprint density at radius 3 is 2.31 bits per heavy atom. The van der Waals surface area contributed by atoms with E-state index in [2.05, 4.69) is 5.32 Å². The summed E-state index contributed by atoms with van der Waals surface area (Å²) in [5.41, 5.74) is 1.49. The summed E-state index contributed by atoms with van der Waals surface area (Å²) in [5, 5.41) is 2.80. The predicted octanol–water partition coefficient (Wildman–Crippen LogP) is 3.67. The lowest BCUT2D eigenvalue weighted by atomic mass is 10.1. The van der Waals surface area contributed by atoms with Gasteiger partial charge in [-0.05, 0) is 56.3 Å². The number of carbonyl (C=O) groups is 2. The minimum Gasteiger partial charge on any atom is -0.490 e. The van der Waals surface area contributed by atoms with E-state index >= 15 is 0 Å². The van der Waals surface area contributed by atoms with E-state index in [0.29, 0.717) is 41.5 Å². The third kappa shape index (κ3) is 4.33. The molecule has 1 N–H and O–H groups in total. The number of rotatable bonds is 4. The minimum atomic E-state index is -0.388. The molecule has 3 rings (SSSR count). The first-order valence-corrected chi connectivity index (χ1v) is 8.55. The van der Waals surface area contributed by atoms with Crippen LogP contribution < -0.4 is 14.8 Å². The lowest BCUT2D eigenvalue weighted by molar-refractivity contribution is 0.0378. The van der Waals surface area contributed by atoms with E-state index in [-0.39, 0.29) is 18.0 Å². The molecule has 136 valence electrons. The van der Waals surface area contributed by atoms with Gasteiger partial charge in [0.1, 0.15) is 0 Å². The molecule has 26 heavy (non-hydrogen) atoms. The van der Waals surface area contributed by atoms with Crippen LogP contribution in [-0.2, 0) is 4.74 Å². The molecule has 0 fully saturated rings. The number of benzene rings is 2. The molecule has 1 heterocycles. The van der Waals surface area contributed by atoms with Crippen LogP contribution in [0, 0.1) is 0 Å². The minimum absolute atomic E-state index is 0.179. The third-order valence-electron chi connectivity index (χ3n) is 3.73. The highest BCUT2D eigenvalue weighted by Gasteiger charge is 2.15. The van der Waals surface area contributed by atoms with Crippen LogP contribution in [-0.4, -0.2) is 31.2 Å². The normalized spacial score (nSPS) is 13.0. The standard InChI is InChI=1S/C20H21NO5/c1-13(2)26-20(23)14-4-7-16(8-5-14)21-19(22)15-6-9-17-18(12-15)25-11-3-10-24-17/h4-9,12-13H,3,10-11H2,1-2H3,(H,21,22).